The molecule has 1 aromatic heterocycles. The fourth-order valence-electron chi connectivity index (χ4n) is 5.70. The number of hydrogen-bond donors (Lipinski definition) is 2. The van der Waals surface area contributed by atoms with E-state index in [9.17, 15) is 19.2 Å². The molecule has 6 rings (SSSR count). The van der Waals surface area contributed by atoms with Gasteiger partial charge in [0.1, 0.15) is 0 Å². The Morgan fingerprint density at radius 1 is 0.936 bits per heavy atom. The lowest BCUT2D eigenvalue weighted by molar-refractivity contribution is -0.111. The number of nitrogens with zero attached hydrogens (tertiary/aromatic N) is 2. The summed E-state index contributed by atoms with van der Waals surface area (Å²) < 4.78 is 17.7. The summed E-state index contributed by atoms with van der Waals surface area (Å²) in [6.45, 7) is 7.38. The minimum Gasteiger partial charge on any atom is -0.454 e. The van der Waals surface area contributed by atoms with Gasteiger partial charge in [0.2, 0.25) is 12.7 Å². The first-order valence-electron chi connectivity index (χ1n) is 15.2. The number of morpholine rings is 1. The molecule has 0 aliphatic carbocycles. The summed E-state index contributed by atoms with van der Waals surface area (Å²) >= 11 is 0. The van der Waals surface area contributed by atoms with Crippen molar-refractivity contribution in [2.24, 2.45) is 7.05 Å². The molecule has 240 valence electrons. The van der Waals surface area contributed by atoms with Crippen molar-refractivity contribution in [2.75, 3.05) is 43.7 Å². The molecule has 1 saturated heterocycles. The van der Waals surface area contributed by atoms with Gasteiger partial charge in [-0.05, 0) is 77.7 Å². The van der Waals surface area contributed by atoms with E-state index < -0.39 is 5.91 Å². The van der Waals surface area contributed by atoms with E-state index in [2.05, 4.69) is 17.2 Å². The molecular weight excluding hydrogens is 600 g/mol. The maximum Gasteiger partial charge on any atom is 0.256 e. The molecular formula is C36H34N4O7. The molecule has 0 saturated carbocycles. The quantitative estimate of drug-likeness (QED) is 0.273. The number of nitrogens with one attached hydrogen (secondary N) is 2. The molecule has 4 aromatic rings. The summed E-state index contributed by atoms with van der Waals surface area (Å²) in [7, 11) is 1.69. The molecule has 47 heavy (non-hydrogen) atoms. The average molecular weight is 635 g/mol. The Kier molecular flexibility index (Phi) is 8.90. The van der Waals surface area contributed by atoms with Crippen LogP contribution in [-0.2, 0) is 23.0 Å². The largest absolute Gasteiger partial charge is 0.454 e. The van der Waals surface area contributed by atoms with Gasteiger partial charge in [0.05, 0.1) is 24.5 Å². The van der Waals surface area contributed by atoms with Crippen molar-refractivity contribution in [3.8, 4) is 22.6 Å². The summed E-state index contributed by atoms with van der Waals surface area (Å²) in [5, 5.41) is 5.75. The summed E-state index contributed by atoms with van der Waals surface area (Å²) in [6.07, 6.45) is 3.16. The van der Waals surface area contributed by atoms with Crippen molar-refractivity contribution in [3.63, 3.8) is 0 Å². The van der Waals surface area contributed by atoms with Crippen molar-refractivity contribution in [1.29, 1.82) is 0 Å². The highest BCUT2D eigenvalue weighted by Crippen LogP contribution is 2.34. The fourth-order valence-corrected chi connectivity index (χ4v) is 5.70. The number of fused-ring (bicyclic) bond motifs is 1. The normalized spacial score (nSPS) is 13.6. The van der Waals surface area contributed by atoms with E-state index >= 15 is 0 Å². The Labute approximate surface area is 271 Å². The van der Waals surface area contributed by atoms with Crippen molar-refractivity contribution >= 4 is 29.1 Å². The summed E-state index contributed by atoms with van der Waals surface area (Å²) in [5.74, 6) is 0.171. The van der Waals surface area contributed by atoms with Crippen LogP contribution in [0, 0.1) is 6.92 Å². The molecule has 0 radical (unpaired) electrons. The van der Waals surface area contributed by atoms with Gasteiger partial charge in [-0.2, -0.15) is 0 Å². The highest BCUT2D eigenvalue weighted by atomic mass is 16.7. The third kappa shape index (κ3) is 6.66. The van der Waals surface area contributed by atoms with Gasteiger partial charge in [-0.1, -0.05) is 24.8 Å². The zero-order valence-electron chi connectivity index (χ0n) is 26.1. The molecule has 11 heteroatoms. The Bertz CT molecular complexity index is 1960. The second kappa shape index (κ2) is 13.4. The summed E-state index contributed by atoms with van der Waals surface area (Å²) in [6, 6.07) is 17.7. The van der Waals surface area contributed by atoms with Gasteiger partial charge >= 0.3 is 0 Å². The van der Waals surface area contributed by atoms with E-state index in [1.807, 2.05) is 31.2 Å². The van der Waals surface area contributed by atoms with Crippen LogP contribution in [0.5, 0.6) is 11.5 Å². The van der Waals surface area contributed by atoms with E-state index in [1.54, 1.807) is 54.5 Å². The maximum absolute atomic E-state index is 13.3. The number of rotatable bonds is 8. The molecule has 11 nitrogen and oxygen atoms in total. The third-order valence-electron chi connectivity index (χ3n) is 8.24. The molecule has 0 spiro atoms. The zero-order valence-corrected chi connectivity index (χ0v) is 26.1. The van der Waals surface area contributed by atoms with Crippen LogP contribution in [-0.4, -0.2) is 60.3 Å². The van der Waals surface area contributed by atoms with Crippen molar-refractivity contribution in [3.05, 3.63) is 118 Å². The van der Waals surface area contributed by atoms with E-state index in [0.717, 1.165) is 28.3 Å². The smallest absolute Gasteiger partial charge is 0.256 e. The molecule has 1 fully saturated rings. The Balaban J connectivity index is 1.28. The topological polar surface area (TPSA) is 128 Å². The van der Waals surface area contributed by atoms with Crippen LogP contribution < -0.4 is 25.7 Å². The van der Waals surface area contributed by atoms with Crippen LogP contribution >= 0.6 is 0 Å². The third-order valence-corrected chi connectivity index (χ3v) is 8.24. The van der Waals surface area contributed by atoms with Gasteiger partial charge < -0.3 is 34.3 Å². The predicted octanol–water partition coefficient (Wildman–Crippen LogP) is 4.53. The Morgan fingerprint density at radius 3 is 2.51 bits per heavy atom. The van der Waals surface area contributed by atoms with Crippen molar-refractivity contribution in [2.45, 2.75) is 13.3 Å². The summed E-state index contributed by atoms with van der Waals surface area (Å²) in [4.78, 5) is 53.7. The average Bonchev–Trinajstić information content (AvgIpc) is 3.56. The number of aromatic nitrogens is 1. The molecule has 3 heterocycles. The molecule has 0 atom stereocenters. The highest BCUT2D eigenvalue weighted by Gasteiger charge is 2.23. The number of benzene rings is 3. The van der Waals surface area contributed by atoms with Crippen LogP contribution in [0.15, 0.2) is 84.3 Å². The molecule has 0 unspecified atom stereocenters. The lowest BCUT2D eigenvalue weighted by Gasteiger charge is -2.27. The number of carbonyl (C=O) groups is 3. The first-order valence-corrected chi connectivity index (χ1v) is 15.2. The maximum atomic E-state index is 13.3. The number of aryl methyl sites for hydroxylation is 1. The number of ether oxygens (including phenoxy) is 3. The van der Waals surface area contributed by atoms with Crippen LogP contribution in [0.3, 0.4) is 0 Å². The van der Waals surface area contributed by atoms with Crippen LogP contribution in [0.4, 0.5) is 11.4 Å². The fraction of sp³-hybridized carbons (Fsp3) is 0.222. The van der Waals surface area contributed by atoms with E-state index in [-0.39, 0.29) is 30.6 Å². The van der Waals surface area contributed by atoms with Gasteiger partial charge in [0.15, 0.2) is 11.5 Å². The minimum absolute atomic E-state index is 0.121. The Morgan fingerprint density at radius 2 is 1.72 bits per heavy atom. The van der Waals surface area contributed by atoms with E-state index in [1.165, 1.54) is 4.57 Å². The van der Waals surface area contributed by atoms with Gasteiger partial charge in [-0.25, -0.2) is 0 Å². The zero-order chi connectivity index (χ0) is 33.1. The Hall–Kier alpha value is -5.68. The molecule has 3 aromatic carbocycles. The number of hydrogen-bond acceptors (Lipinski definition) is 7. The van der Waals surface area contributed by atoms with E-state index in [0.29, 0.717) is 65.9 Å². The lowest BCUT2D eigenvalue weighted by Crippen LogP contribution is -2.41. The van der Waals surface area contributed by atoms with E-state index in [4.69, 9.17) is 14.2 Å². The number of anilines is 2. The lowest BCUT2D eigenvalue weighted by atomic mass is 9.96. The standard InChI is InChI=1S/C36H34N4O7/c1-4-33(41)37-30-17-23(8-10-28(30)36(44)40-12-14-45-15-13-40)16-25-18-26(20-39(3)35(25)43)27-6-5-7-29(22(27)2)38-34(42)24-9-11-31-32(19-24)47-21-46-31/h4-11,17-20H,1,12-16,21H2,2-3H3,(H,37,41)(H,38,42). The first kappa shape index (κ1) is 31.3. The number of amides is 3. The second-order valence-electron chi connectivity index (χ2n) is 11.3. The number of carbonyl (C=O) groups excluding carboxylic acids is 3. The molecule has 2 N–H and O–H groups in total. The molecule has 0 bridgehead atoms. The van der Waals surface area contributed by atoms with Crippen molar-refractivity contribution in [1.82, 2.24) is 9.47 Å². The van der Waals surface area contributed by atoms with Crippen LogP contribution in [0.2, 0.25) is 0 Å². The molecule has 2 aliphatic heterocycles. The SMILES string of the molecule is C=CC(=O)Nc1cc(Cc2cc(-c3cccc(NC(=O)c4ccc5c(c4)OCO5)c3C)cn(C)c2=O)ccc1C(=O)N1CCOCC1. The van der Waals surface area contributed by atoms with Gasteiger partial charge in [-0.15, -0.1) is 0 Å². The van der Waals surface area contributed by atoms with Gasteiger partial charge in [-0.3, -0.25) is 19.2 Å². The molecule has 3 amide bonds. The second-order valence-corrected chi connectivity index (χ2v) is 11.3. The predicted molar refractivity (Wildman–Crippen MR) is 177 cm³/mol. The van der Waals surface area contributed by atoms with Gasteiger partial charge in [0, 0.05) is 49.6 Å². The summed E-state index contributed by atoms with van der Waals surface area (Å²) in [5.41, 5.74) is 5.30. The monoisotopic (exact) mass is 634 g/mol. The highest BCUT2D eigenvalue weighted by molar-refractivity contribution is 6.07. The van der Waals surface area contributed by atoms with Crippen LogP contribution in [0.1, 0.15) is 37.4 Å². The minimum atomic E-state index is -0.447. The number of pyridine rings is 1. The first-order chi connectivity index (χ1) is 22.7. The van der Waals surface area contributed by atoms with Gasteiger partial charge in [0.25, 0.3) is 17.4 Å². The van der Waals surface area contributed by atoms with Crippen molar-refractivity contribution < 1.29 is 28.6 Å². The van der Waals surface area contributed by atoms with Crippen LogP contribution in [0.25, 0.3) is 11.1 Å². The molecule has 2 aliphatic rings.